The van der Waals surface area contributed by atoms with Crippen molar-refractivity contribution in [3.05, 3.63) is 64.2 Å². The van der Waals surface area contributed by atoms with Gasteiger partial charge < -0.3 is 0 Å². The second-order valence-electron chi connectivity index (χ2n) is 7.07. The fraction of sp³-hybridized carbons (Fsp3) is 0.500. The van der Waals surface area contributed by atoms with E-state index in [4.69, 9.17) is 4.18 Å². The van der Waals surface area contributed by atoms with Gasteiger partial charge in [0.05, 0.1) is 11.5 Å². The average Bonchev–Trinajstić information content (AvgIpc) is 2.74. The van der Waals surface area contributed by atoms with E-state index in [-0.39, 0.29) is 11.5 Å². The van der Waals surface area contributed by atoms with Gasteiger partial charge in [-0.25, -0.2) is 0 Å². The van der Waals surface area contributed by atoms with Crippen LogP contribution in [0.5, 0.6) is 0 Å². The number of halogens is 1. The highest BCUT2D eigenvalue weighted by Crippen LogP contribution is 2.13. The van der Waals surface area contributed by atoms with Crippen LogP contribution >= 0.6 is 22.6 Å². The van der Waals surface area contributed by atoms with Gasteiger partial charge in [-0.3, -0.25) is 4.18 Å². The molecule has 0 spiro atoms. The smallest absolute Gasteiger partial charge is 0.266 e. The Balaban J connectivity index is 0.000000502. The van der Waals surface area contributed by atoms with E-state index in [2.05, 4.69) is 41.6 Å². The summed E-state index contributed by atoms with van der Waals surface area (Å²) in [6.07, 6.45) is 12.3. The molecule has 0 bridgehead atoms. The lowest BCUT2D eigenvalue weighted by molar-refractivity contribution is 0.306. The number of unbranched alkanes of at least 4 members (excludes halogenated alkanes) is 9. The standard InChI is InChI=1S/C18H30O3S.C6H5I/c1-2-3-4-5-6-7-8-9-10-14-17-21-22(19,20)18-15-12-11-13-16-18;7-6-4-2-1-3-5-6/h11-13,15-16H,2-10,14,17H2,1H3;1-5H. The first kappa shape index (κ1) is 26.1. The molecule has 0 fully saturated rings. The fourth-order valence-electron chi connectivity index (χ4n) is 2.83. The Bertz CT molecular complexity index is 718. The van der Waals surface area contributed by atoms with E-state index < -0.39 is 10.1 Å². The lowest BCUT2D eigenvalue weighted by Gasteiger charge is -2.05. The maximum atomic E-state index is 11.9. The molecule has 2 rings (SSSR count). The predicted octanol–water partition coefficient (Wildman–Crippen LogP) is 7.60. The number of hydrogen-bond donors (Lipinski definition) is 0. The van der Waals surface area contributed by atoms with Gasteiger partial charge in [-0.1, -0.05) is 101 Å². The van der Waals surface area contributed by atoms with Crippen LogP contribution in [0.15, 0.2) is 65.6 Å². The third-order valence-corrected chi connectivity index (χ3v) is 6.55. The molecule has 162 valence electrons. The largest absolute Gasteiger partial charge is 0.296 e. The molecule has 0 N–H and O–H groups in total. The minimum Gasteiger partial charge on any atom is -0.266 e. The van der Waals surface area contributed by atoms with Crippen molar-refractivity contribution < 1.29 is 12.6 Å². The molecular weight excluding hydrogens is 495 g/mol. The minimum absolute atomic E-state index is 0.238. The minimum atomic E-state index is -3.57. The van der Waals surface area contributed by atoms with E-state index in [1.54, 1.807) is 30.3 Å². The molecule has 2 aromatic carbocycles. The van der Waals surface area contributed by atoms with Gasteiger partial charge in [0, 0.05) is 3.57 Å². The highest BCUT2D eigenvalue weighted by molar-refractivity contribution is 14.1. The highest BCUT2D eigenvalue weighted by atomic mass is 127. The number of benzene rings is 2. The lowest BCUT2D eigenvalue weighted by Crippen LogP contribution is -2.07. The van der Waals surface area contributed by atoms with Gasteiger partial charge in [0.1, 0.15) is 0 Å². The fourth-order valence-corrected chi connectivity index (χ4v) is 4.21. The molecule has 0 aliphatic carbocycles. The van der Waals surface area contributed by atoms with Crippen molar-refractivity contribution in [3.63, 3.8) is 0 Å². The first-order valence-corrected chi connectivity index (χ1v) is 13.2. The van der Waals surface area contributed by atoms with Gasteiger partial charge in [0.25, 0.3) is 10.1 Å². The van der Waals surface area contributed by atoms with E-state index in [9.17, 15) is 8.42 Å². The van der Waals surface area contributed by atoms with Crippen molar-refractivity contribution in [1.29, 1.82) is 0 Å². The SMILES string of the molecule is CCCCCCCCCCCCOS(=O)(=O)c1ccccc1.Ic1ccccc1. The predicted molar refractivity (Wildman–Crippen MR) is 131 cm³/mol. The number of hydrogen-bond acceptors (Lipinski definition) is 3. The van der Waals surface area contributed by atoms with Crippen molar-refractivity contribution >= 4 is 32.7 Å². The Morgan fingerprint density at radius 1 is 0.690 bits per heavy atom. The Labute approximate surface area is 191 Å². The summed E-state index contributed by atoms with van der Waals surface area (Å²) in [5.74, 6) is 0. The van der Waals surface area contributed by atoms with E-state index >= 15 is 0 Å². The maximum Gasteiger partial charge on any atom is 0.296 e. The van der Waals surface area contributed by atoms with E-state index in [0.717, 1.165) is 12.8 Å². The molecule has 2 aromatic rings. The molecular formula is C24H35IO3S. The van der Waals surface area contributed by atoms with Crippen LogP contribution in [0.25, 0.3) is 0 Å². The molecule has 0 saturated carbocycles. The van der Waals surface area contributed by atoms with Crippen LogP contribution in [0.4, 0.5) is 0 Å². The summed E-state index contributed by atoms with van der Waals surface area (Å²) in [7, 11) is -3.57. The molecule has 0 aliphatic heterocycles. The van der Waals surface area contributed by atoms with Crippen LogP contribution in [-0.4, -0.2) is 15.0 Å². The average molecular weight is 531 g/mol. The van der Waals surface area contributed by atoms with Crippen molar-refractivity contribution in [2.75, 3.05) is 6.61 Å². The second-order valence-corrected chi connectivity index (χ2v) is 9.93. The van der Waals surface area contributed by atoms with E-state index in [0.29, 0.717) is 0 Å². The van der Waals surface area contributed by atoms with Crippen LogP contribution in [0.1, 0.15) is 71.1 Å². The molecule has 5 heteroatoms. The third kappa shape index (κ3) is 13.8. The van der Waals surface area contributed by atoms with Crippen molar-refractivity contribution in [2.45, 2.75) is 76.0 Å². The normalized spacial score (nSPS) is 11.0. The summed E-state index contributed by atoms with van der Waals surface area (Å²) in [6.45, 7) is 2.52. The topological polar surface area (TPSA) is 43.4 Å². The van der Waals surface area contributed by atoms with Gasteiger partial charge in [-0.2, -0.15) is 8.42 Å². The zero-order chi connectivity index (χ0) is 21.2. The molecule has 0 heterocycles. The van der Waals surface area contributed by atoms with Crippen LogP contribution in [0.2, 0.25) is 0 Å². The van der Waals surface area contributed by atoms with Crippen molar-refractivity contribution in [2.24, 2.45) is 0 Å². The van der Waals surface area contributed by atoms with E-state index in [1.807, 2.05) is 18.2 Å². The van der Waals surface area contributed by atoms with Crippen LogP contribution in [0, 0.1) is 3.57 Å². The lowest BCUT2D eigenvalue weighted by atomic mass is 10.1. The zero-order valence-corrected chi connectivity index (χ0v) is 20.5. The van der Waals surface area contributed by atoms with Crippen molar-refractivity contribution in [3.8, 4) is 0 Å². The highest BCUT2D eigenvalue weighted by Gasteiger charge is 2.13. The first-order chi connectivity index (χ1) is 14.1. The molecule has 29 heavy (non-hydrogen) atoms. The quantitative estimate of drug-likeness (QED) is 0.152. The molecule has 0 saturated heterocycles. The number of rotatable bonds is 13. The molecule has 0 aliphatic rings. The second kappa shape index (κ2) is 16.8. The Hall–Kier alpha value is -0.920. The summed E-state index contributed by atoms with van der Waals surface area (Å²) in [5, 5.41) is 0. The van der Waals surface area contributed by atoms with Gasteiger partial charge >= 0.3 is 0 Å². The Morgan fingerprint density at radius 3 is 1.59 bits per heavy atom. The third-order valence-electron chi connectivity index (χ3n) is 4.50. The summed E-state index contributed by atoms with van der Waals surface area (Å²) < 4.78 is 30.1. The first-order valence-electron chi connectivity index (χ1n) is 10.7. The molecule has 0 radical (unpaired) electrons. The molecule has 0 amide bonds. The Kier molecular flexibility index (Phi) is 15.2. The summed E-state index contributed by atoms with van der Waals surface area (Å²) in [4.78, 5) is 0.238. The zero-order valence-electron chi connectivity index (χ0n) is 17.6. The van der Waals surface area contributed by atoms with E-state index in [1.165, 1.54) is 54.9 Å². The van der Waals surface area contributed by atoms with Crippen LogP contribution < -0.4 is 0 Å². The molecule has 0 unspecified atom stereocenters. The molecule has 3 nitrogen and oxygen atoms in total. The van der Waals surface area contributed by atoms with Crippen LogP contribution in [0.3, 0.4) is 0 Å². The van der Waals surface area contributed by atoms with Crippen LogP contribution in [-0.2, 0) is 14.3 Å². The molecule has 0 aromatic heterocycles. The maximum absolute atomic E-state index is 11.9. The summed E-state index contributed by atoms with van der Waals surface area (Å²) >= 11 is 2.28. The Morgan fingerprint density at radius 2 is 1.14 bits per heavy atom. The van der Waals surface area contributed by atoms with Gasteiger partial charge in [0.15, 0.2) is 0 Å². The summed E-state index contributed by atoms with van der Waals surface area (Å²) in [6, 6.07) is 18.5. The van der Waals surface area contributed by atoms with Gasteiger partial charge in [-0.15, -0.1) is 0 Å². The molecule has 0 atom stereocenters. The summed E-state index contributed by atoms with van der Waals surface area (Å²) in [5.41, 5.74) is 0. The monoisotopic (exact) mass is 530 g/mol. The van der Waals surface area contributed by atoms with Gasteiger partial charge in [0.2, 0.25) is 0 Å². The van der Waals surface area contributed by atoms with Gasteiger partial charge in [-0.05, 0) is 53.3 Å². The van der Waals surface area contributed by atoms with Crippen molar-refractivity contribution in [1.82, 2.24) is 0 Å².